The second-order valence-electron chi connectivity index (χ2n) is 7.88. The second kappa shape index (κ2) is 10.1. The number of cyclic esters (lactones) is 1. The molecule has 1 aliphatic heterocycles. The van der Waals surface area contributed by atoms with Crippen LogP contribution in [0.1, 0.15) is 34.1 Å². The Bertz CT molecular complexity index is 884. The molecule has 0 saturated carbocycles. The van der Waals surface area contributed by atoms with Crippen molar-refractivity contribution in [2.75, 3.05) is 31.2 Å². The van der Waals surface area contributed by atoms with Gasteiger partial charge in [0.2, 0.25) is 0 Å². The molecule has 0 radical (unpaired) electrons. The highest BCUT2D eigenvalue weighted by atomic mass is 16.6. The van der Waals surface area contributed by atoms with Crippen molar-refractivity contribution in [2.24, 2.45) is 0 Å². The van der Waals surface area contributed by atoms with Gasteiger partial charge in [-0.15, -0.1) is 0 Å². The minimum atomic E-state index is -1.09. The molecule has 1 N–H and O–H groups in total. The van der Waals surface area contributed by atoms with Crippen molar-refractivity contribution < 1.29 is 38.6 Å². The van der Waals surface area contributed by atoms with Crippen molar-refractivity contribution in [1.82, 2.24) is 9.88 Å². The van der Waals surface area contributed by atoms with E-state index in [-0.39, 0.29) is 31.8 Å². The first-order valence-electron chi connectivity index (χ1n) is 9.85. The van der Waals surface area contributed by atoms with Crippen LogP contribution in [0.2, 0.25) is 0 Å². The van der Waals surface area contributed by atoms with E-state index >= 15 is 0 Å². The number of carboxylic acid groups (broad SMARTS) is 1. The number of esters is 1. The van der Waals surface area contributed by atoms with Crippen molar-refractivity contribution in [1.29, 1.82) is 0 Å². The van der Waals surface area contributed by atoms with E-state index in [2.05, 4.69) is 4.98 Å². The lowest BCUT2D eigenvalue weighted by Crippen LogP contribution is -2.46. The topological polar surface area (TPSA) is 162 Å². The monoisotopic (exact) mass is 454 g/mol. The zero-order chi connectivity index (χ0) is 24.1. The Kier molecular flexibility index (Phi) is 7.78. The van der Waals surface area contributed by atoms with Crippen molar-refractivity contribution in [3.8, 4) is 5.88 Å². The number of anilines is 1. The fourth-order valence-electron chi connectivity index (χ4n) is 3.02. The summed E-state index contributed by atoms with van der Waals surface area (Å²) in [5, 5.41) is 20.8. The molecule has 1 aliphatic rings. The summed E-state index contributed by atoms with van der Waals surface area (Å²) >= 11 is 0. The number of hydrogen-bond acceptors (Lipinski definition) is 9. The van der Waals surface area contributed by atoms with Crippen molar-refractivity contribution in [2.45, 2.75) is 45.8 Å². The molecule has 0 aromatic carbocycles. The number of nitro groups is 1. The van der Waals surface area contributed by atoms with Crippen LogP contribution < -0.4 is 9.64 Å². The Hall–Kier alpha value is -3.64. The quantitative estimate of drug-likeness (QED) is 0.333. The van der Waals surface area contributed by atoms with E-state index in [9.17, 15) is 29.6 Å². The molecule has 13 nitrogen and oxygen atoms in total. The highest BCUT2D eigenvalue weighted by Crippen LogP contribution is 2.31. The molecule has 1 aromatic rings. The molecule has 2 rings (SSSR count). The van der Waals surface area contributed by atoms with Gasteiger partial charge in [0, 0.05) is 24.6 Å². The summed E-state index contributed by atoms with van der Waals surface area (Å²) in [5.74, 6) is -1.09. The molecule has 1 unspecified atom stereocenters. The predicted octanol–water partition coefficient (Wildman–Crippen LogP) is 2.43. The molecule has 176 valence electrons. The minimum Gasteiger partial charge on any atom is -0.465 e. The van der Waals surface area contributed by atoms with E-state index in [4.69, 9.17) is 14.2 Å². The number of carbonyl (C=O) groups excluding carboxylic acids is 2. The average Bonchev–Trinajstić information content (AvgIpc) is 3.05. The number of pyridine rings is 1. The Morgan fingerprint density at radius 1 is 1.44 bits per heavy atom. The third-order valence-electron chi connectivity index (χ3n) is 4.55. The Labute approximate surface area is 184 Å². The van der Waals surface area contributed by atoms with Gasteiger partial charge in [-0.2, -0.15) is 0 Å². The number of carbonyl (C=O) groups is 3. The number of nitrogens with zero attached hydrogens (tertiary/aromatic N) is 4. The molecule has 0 aliphatic carbocycles. The molecule has 2 heterocycles. The maximum Gasteiger partial charge on any atom is 0.414 e. The largest absolute Gasteiger partial charge is 0.465 e. The summed E-state index contributed by atoms with van der Waals surface area (Å²) in [7, 11) is 0. The molecular weight excluding hydrogens is 428 g/mol. The Morgan fingerprint density at radius 3 is 2.69 bits per heavy atom. The molecular formula is C19H26N4O9. The summed E-state index contributed by atoms with van der Waals surface area (Å²) in [6.45, 7) is 6.66. The minimum absolute atomic E-state index is 0.0678. The van der Waals surface area contributed by atoms with Crippen molar-refractivity contribution in [3.05, 3.63) is 22.4 Å². The van der Waals surface area contributed by atoms with Gasteiger partial charge in [0.1, 0.15) is 6.10 Å². The molecule has 1 atom stereocenters. The van der Waals surface area contributed by atoms with Gasteiger partial charge in [-0.05, 0) is 27.7 Å². The van der Waals surface area contributed by atoms with Crippen LogP contribution in [-0.2, 0) is 14.3 Å². The highest BCUT2D eigenvalue weighted by molar-refractivity contribution is 5.90. The maximum atomic E-state index is 12.3. The zero-order valence-electron chi connectivity index (χ0n) is 18.3. The first kappa shape index (κ1) is 24.6. The molecule has 1 saturated heterocycles. The molecule has 1 aromatic heterocycles. The standard InChI is InChI=1S/C19H26N4O9/c1-5-30-15(24)11-31-16-14(23(28)29)8-12(9-20-16)21-10-13(32-18(21)27)6-7-22(17(25)26)19(2,3)4/h8-9,13H,5-7,10-11H2,1-4H3,(H,25,26). The van der Waals surface area contributed by atoms with Gasteiger partial charge in [-0.3, -0.25) is 15.0 Å². The van der Waals surface area contributed by atoms with Crippen LogP contribution in [0, 0.1) is 10.1 Å². The lowest BCUT2D eigenvalue weighted by Gasteiger charge is -2.33. The lowest BCUT2D eigenvalue weighted by atomic mass is 10.1. The first-order valence-corrected chi connectivity index (χ1v) is 9.85. The molecule has 0 bridgehead atoms. The van der Waals surface area contributed by atoms with E-state index in [1.807, 2.05) is 0 Å². The second-order valence-corrected chi connectivity index (χ2v) is 7.88. The lowest BCUT2D eigenvalue weighted by molar-refractivity contribution is -0.386. The van der Waals surface area contributed by atoms with Crippen LogP contribution in [0.15, 0.2) is 12.3 Å². The van der Waals surface area contributed by atoms with Gasteiger partial charge in [-0.25, -0.2) is 19.4 Å². The molecule has 0 spiro atoms. The summed E-state index contributed by atoms with van der Waals surface area (Å²) in [6, 6.07) is 1.09. The summed E-state index contributed by atoms with van der Waals surface area (Å²) < 4.78 is 15.1. The smallest absolute Gasteiger partial charge is 0.414 e. The number of ether oxygens (including phenoxy) is 3. The van der Waals surface area contributed by atoms with Gasteiger partial charge in [-0.1, -0.05) is 0 Å². The zero-order valence-corrected chi connectivity index (χ0v) is 18.3. The fourth-order valence-corrected chi connectivity index (χ4v) is 3.02. The van der Waals surface area contributed by atoms with E-state index < -0.39 is 52.9 Å². The number of aromatic nitrogens is 1. The highest BCUT2D eigenvalue weighted by Gasteiger charge is 2.35. The van der Waals surface area contributed by atoms with Crippen molar-refractivity contribution >= 4 is 29.5 Å². The molecule has 13 heteroatoms. The average molecular weight is 454 g/mol. The summed E-state index contributed by atoms with van der Waals surface area (Å²) in [4.78, 5) is 52.1. The number of hydrogen-bond donors (Lipinski definition) is 1. The van der Waals surface area contributed by atoms with Gasteiger partial charge < -0.3 is 24.2 Å². The number of rotatable bonds is 9. The summed E-state index contributed by atoms with van der Waals surface area (Å²) in [5.41, 5.74) is -1.05. The van der Waals surface area contributed by atoms with Gasteiger partial charge >= 0.3 is 23.8 Å². The summed E-state index contributed by atoms with van der Waals surface area (Å²) in [6.07, 6.45) is -0.982. The normalized spacial score (nSPS) is 15.8. The molecule has 2 amide bonds. The maximum absolute atomic E-state index is 12.3. The van der Waals surface area contributed by atoms with E-state index in [1.54, 1.807) is 27.7 Å². The Balaban J connectivity index is 2.10. The van der Waals surface area contributed by atoms with Crippen LogP contribution >= 0.6 is 0 Å². The van der Waals surface area contributed by atoms with Crippen LogP contribution in [0.25, 0.3) is 0 Å². The van der Waals surface area contributed by atoms with E-state index in [0.717, 1.165) is 6.07 Å². The van der Waals surface area contributed by atoms with Crippen LogP contribution in [0.5, 0.6) is 5.88 Å². The SMILES string of the molecule is CCOC(=O)COc1ncc(N2CC(CCN(C(=O)O)C(C)(C)C)OC2=O)cc1[N+](=O)[O-]. The van der Waals surface area contributed by atoms with E-state index in [0.29, 0.717) is 0 Å². The fraction of sp³-hybridized carbons (Fsp3) is 0.579. The molecule has 1 fully saturated rings. The molecule has 32 heavy (non-hydrogen) atoms. The number of amides is 2. The van der Waals surface area contributed by atoms with Gasteiger partial charge in [0.05, 0.1) is 30.0 Å². The van der Waals surface area contributed by atoms with Crippen LogP contribution in [0.3, 0.4) is 0 Å². The van der Waals surface area contributed by atoms with Gasteiger partial charge in [0.25, 0.3) is 5.88 Å². The Morgan fingerprint density at radius 2 is 2.12 bits per heavy atom. The third kappa shape index (κ3) is 6.18. The third-order valence-corrected chi connectivity index (χ3v) is 4.55. The van der Waals surface area contributed by atoms with Crippen LogP contribution in [-0.4, -0.2) is 76.0 Å². The van der Waals surface area contributed by atoms with Crippen LogP contribution in [0.4, 0.5) is 21.0 Å². The first-order chi connectivity index (χ1) is 14.9. The van der Waals surface area contributed by atoms with Crippen molar-refractivity contribution in [3.63, 3.8) is 0 Å². The van der Waals surface area contributed by atoms with Gasteiger partial charge in [0.15, 0.2) is 6.61 Å². The van der Waals surface area contributed by atoms with E-state index in [1.165, 1.54) is 16.0 Å². The predicted molar refractivity (Wildman–Crippen MR) is 110 cm³/mol.